The van der Waals surface area contributed by atoms with Crippen LogP contribution in [0.5, 0.6) is 0 Å². The highest BCUT2D eigenvalue weighted by Crippen LogP contribution is 2.41. The molecule has 0 amide bonds. The Morgan fingerprint density at radius 1 is 0.512 bits per heavy atom. The highest BCUT2D eigenvalue weighted by Gasteiger charge is 2.19. The van der Waals surface area contributed by atoms with Crippen LogP contribution in [0.15, 0.2) is 127 Å². The molecule has 4 heteroatoms. The summed E-state index contributed by atoms with van der Waals surface area (Å²) >= 11 is 0. The first kappa shape index (κ1) is 24.7. The molecule has 0 bridgehead atoms. The van der Waals surface area contributed by atoms with Crippen LogP contribution in [0.4, 0.5) is 0 Å². The third-order valence-corrected chi connectivity index (χ3v) is 8.51. The maximum Gasteiger partial charge on any atom is 0.101 e. The first-order valence-corrected chi connectivity index (χ1v) is 14.2. The van der Waals surface area contributed by atoms with Gasteiger partial charge < -0.3 is 9.13 Å². The number of fused-ring (bicyclic) bond motifs is 6. The molecule has 43 heavy (non-hydrogen) atoms. The van der Waals surface area contributed by atoms with Gasteiger partial charge in [-0.1, -0.05) is 72.8 Å². The highest BCUT2D eigenvalue weighted by atomic mass is 15.0. The van der Waals surface area contributed by atoms with E-state index in [-0.39, 0.29) is 0 Å². The van der Waals surface area contributed by atoms with Gasteiger partial charge in [0.25, 0.3) is 0 Å². The lowest BCUT2D eigenvalue weighted by atomic mass is 9.98. The standard InChI is InChI=1S/C39H24N4/c1-25-20-27(23-40)28(24-41)22-38(25)43-35-16-8-6-13-32(35)39-30(14-9-17-37(39)43)26-18-19-36-33(21-26)31-12-5-7-15-34(31)42(36)29-10-3-2-4-11-29/h2-22H,1H3. The number of aromatic nitrogens is 2. The third kappa shape index (κ3) is 3.61. The first-order chi connectivity index (χ1) is 21.2. The molecule has 0 unspecified atom stereocenters. The predicted octanol–water partition coefficient (Wildman–Crippen LogP) is 9.60. The fourth-order valence-electron chi connectivity index (χ4n) is 6.64. The van der Waals surface area contributed by atoms with Gasteiger partial charge in [-0.05, 0) is 78.2 Å². The number of hydrogen-bond donors (Lipinski definition) is 0. The molecule has 4 nitrogen and oxygen atoms in total. The quantitative estimate of drug-likeness (QED) is 0.221. The summed E-state index contributed by atoms with van der Waals surface area (Å²) in [5.41, 5.74) is 10.5. The van der Waals surface area contributed by atoms with Gasteiger partial charge in [0.2, 0.25) is 0 Å². The second-order valence-corrected chi connectivity index (χ2v) is 10.9. The molecule has 0 aliphatic heterocycles. The fraction of sp³-hybridized carbons (Fsp3) is 0.0256. The zero-order valence-electron chi connectivity index (χ0n) is 23.4. The van der Waals surface area contributed by atoms with Crippen LogP contribution in [-0.4, -0.2) is 9.13 Å². The number of nitrogens with zero attached hydrogens (tertiary/aromatic N) is 4. The zero-order valence-corrected chi connectivity index (χ0v) is 23.4. The zero-order chi connectivity index (χ0) is 29.1. The molecule has 2 heterocycles. The van der Waals surface area contributed by atoms with Crippen LogP contribution in [0.2, 0.25) is 0 Å². The van der Waals surface area contributed by atoms with Crippen molar-refractivity contribution >= 4 is 43.6 Å². The van der Waals surface area contributed by atoms with E-state index in [0.29, 0.717) is 11.1 Å². The monoisotopic (exact) mass is 548 g/mol. The van der Waals surface area contributed by atoms with E-state index in [9.17, 15) is 10.5 Å². The molecule has 0 aliphatic carbocycles. The van der Waals surface area contributed by atoms with E-state index < -0.39 is 0 Å². The molecule has 0 saturated carbocycles. The summed E-state index contributed by atoms with van der Waals surface area (Å²) in [6, 6.07) is 48.8. The normalized spacial score (nSPS) is 11.3. The largest absolute Gasteiger partial charge is 0.309 e. The Hall–Kier alpha value is -6.10. The molecule has 6 aromatic carbocycles. The van der Waals surface area contributed by atoms with Crippen molar-refractivity contribution in [1.82, 2.24) is 9.13 Å². The number of aryl methyl sites for hydroxylation is 1. The van der Waals surface area contributed by atoms with Gasteiger partial charge in [-0.2, -0.15) is 10.5 Å². The van der Waals surface area contributed by atoms with Crippen molar-refractivity contribution in [3.63, 3.8) is 0 Å². The molecular weight excluding hydrogens is 524 g/mol. The minimum Gasteiger partial charge on any atom is -0.309 e. The Kier molecular flexibility index (Phi) is 5.44. The highest BCUT2D eigenvalue weighted by molar-refractivity contribution is 6.17. The molecule has 200 valence electrons. The maximum atomic E-state index is 9.81. The lowest BCUT2D eigenvalue weighted by Crippen LogP contribution is -1.99. The minimum atomic E-state index is 0.380. The van der Waals surface area contributed by atoms with Gasteiger partial charge in [0.1, 0.15) is 12.1 Å². The van der Waals surface area contributed by atoms with Crippen LogP contribution in [0, 0.1) is 29.6 Å². The van der Waals surface area contributed by atoms with Crippen LogP contribution < -0.4 is 0 Å². The van der Waals surface area contributed by atoms with E-state index in [2.05, 4.69) is 124 Å². The van der Waals surface area contributed by atoms with Crippen molar-refractivity contribution in [3.05, 3.63) is 144 Å². The van der Waals surface area contributed by atoms with Crippen LogP contribution in [0.3, 0.4) is 0 Å². The van der Waals surface area contributed by atoms with Gasteiger partial charge in [0.05, 0.1) is 38.9 Å². The molecule has 0 radical (unpaired) electrons. The average molecular weight is 549 g/mol. The van der Waals surface area contributed by atoms with Gasteiger partial charge in [0, 0.05) is 27.2 Å². The lowest BCUT2D eigenvalue weighted by Gasteiger charge is -2.13. The van der Waals surface area contributed by atoms with Crippen molar-refractivity contribution in [2.45, 2.75) is 6.92 Å². The number of rotatable bonds is 3. The van der Waals surface area contributed by atoms with Gasteiger partial charge in [0.15, 0.2) is 0 Å². The van der Waals surface area contributed by atoms with E-state index in [1.807, 2.05) is 31.2 Å². The Morgan fingerprint density at radius 2 is 1.14 bits per heavy atom. The summed E-state index contributed by atoms with van der Waals surface area (Å²) < 4.78 is 4.56. The Balaban J connectivity index is 1.43. The molecule has 8 aromatic rings. The van der Waals surface area contributed by atoms with Gasteiger partial charge in [-0.25, -0.2) is 0 Å². The van der Waals surface area contributed by atoms with Crippen LogP contribution >= 0.6 is 0 Å². The molecule has 0 saturated heterocycles. The van der Waals surface area contributed by atoms with Crippen LogP contribution in [0.25, 0.3) is 66.1 Å². The summed E-state index contributed by atoms with van der Waals surface area (Å²) in [6.07, 6.45) is 0. The summed E-state index contributed by atoms with van der Waals surface area (Å²) in [5.74, 6) is 0. The molecular formula is C39H24N4. The van der Waals surface area contributed by atoms with Gasteiger partial charge in [-0.15, -0.1) is 0 Å². The summed E-state index contributed by atoms with van der Waals surface area (Å²) in [6.45, 7) is 2.00. The molecule has 0 aliphatic rings. The van der Waals surface area contributed by atoms with Gasteiger partial charge >= 0.3 is 0 Å². The molecule has 0 spiro atoms. The third-order valence-electron chi connectivity index (χ3n) is 8.51. The average Bonchev–Trinajstić information content (AvgIpc) is 3.57. The summed E-state index contributed by atoms with van der Waals surface area (Å²) in [7, 11) is 0. The fourth-order valence-corrected chi connectivity index (χ4v) is 6.64. The van der Waals surface area contributed by atoms with Crippen LogP contribution in [0.1, 0.15) is 16.7 Å². The second kappa shape index (κ2) is 9.48. The smallest absolute Gasteiger partial charge is 0.101 e. The topological polar surface area (TPSA) is 57.4 Å². The van der Waals surface area contributed by atoms with Crippen LogP contribution in [-0.2, 0) is 0 Å². The van der Waals surface area contributed by atoms with E-state index >= 15 is 0 Å². The predicted molar refractivity (Wildman–Crippen MR) is 175 cm³/mol. The maximum absolute atomic E-state index is 9.81. The van der Waals surface area contributed by atoms with Gasteiger partial charge in [-0.3, -0.25) is 0 Å². The number of nitriles is 2. The van der Waals surface area contributed by atoms with Crippen molar-refractivity contribution in [2.24, 2.45) is 0 Å². The molecule has 2 aromatic heterocycles. The molecule has 0 N–H and O–H groups in total. The Bertz CT molecular complexity index is 2480. The van der Waals surface area contributed by atoms with Crippen molar-refractivity contribution < 1.29 is 0 Å². The molecule has 0 atom stereocenters. The Morgan fingerprint density at radius 3 is 1.91 bits per heavy atom. The molecule has 0 fully saturated rings. The molecule has 8 rings (SSSR count). The number of hydrogen-bond acceptors (Lipinski definition) is 2. The summed E-state index contributed by atoms with van der Waals surface area (Å²) in [4.78, 5) is 0. The first-order valence-electron chi connectivity index (χ1n) is 14.2. The Labute approximate surface area is 248 Å². The lowest BCUT2D eigenvalue weighted by molar-refractivity contribution is 1.14. The van der Waals surface area contributed by atoms with E-state index in [1.54, 1.807) is 0 Å². The minimum absolute atomic E-state index is 0.380. The van der Waals surface area contributed by atoms with E-state index in [1.165, 1.54) is 21.8 Å². The summed E-state index contributed by atoms with van der Waals surface area (Å²) in [5, 5.41) is 24.1. The number of benzene rings is 6. The van der Waals surface area contributed by atoms with E-state index in [0.717, 1.165) is 49.9 Å². The van der Waals surface area contributed by atoms with Crippen molar-refractivity contribution in [2.75, 3.05) is 0 Å². The van der Waals surface area contributed by atoms with Crippen molar-refractivity contribution in [1.29, 1.82) is 10.5 Å². The van der Waals surface area contributed by atoms with E-state index in [4.69, 9.17) is 0 Å². The number of para-hydroxylation sites is 3. The SMILES string of the molecule is Cc1cc(C#N)c(C#N)cc1-n1c2ccccc2c2c(-c3ccc4c(c3)c3ccccc3n4-c3ccccc3)cccc21. The van der Waals surface area contributed by atoms with Crippen molar-refractivity contribution in [3.8, 4) is 34.6 Å². The second-order valence-electron chi connectivity index (χ2n) is 10.9.